The predicted octanol–water partition coefficient (Wildman–Crippen LogP) is 2.85. The number of ether oxygens (including phenoxy) is 1. The van der Waals surface area contributed by atoms with Gasteiger partial charge in [0.25, 0.3) is 0 Å². The third-order valence-corrected chi connectivity index (χ3v) is 5.20. The Morgan fingerprint density at radius 2 is 2.15 bits per heavy atom. The van der Waals surface area contributed by atoms with E-state index in [0.29, 0.717) is 16.1 Å². The van der Waals surface area contributed by atoms with Crippen molar-refractivity contribution in [3.63, 3.8) is 0 Å². The monoisotopic (exact) mass is 390 g/mol. The standard InChI is InChI=1S/C16H18N6O2S2/c1-10-6-4-5-7-12(10)24-11(2)14-19-21-16(22(14)3)25-8-13(23)18-15-20-17-9-26-15/h4-7,9,11H,8H2,1-3H3,(H,18,20,23). The van der Waals surface area contributed by atoms with Gasteiger partial charge >= 0.3 is 0 Å². The molecule has 2 heterocycles. The Labute approximate surface area is 159 Å². The van der Waals surface area contributed by atoms with Gasteiger partial charge in [-0.05, 0) is 25.5 Å². The van der Waals surface area contributed by atoms with Gasteiger partial charge in [0.1, 0.15) is 11.3 Å². The van der Waals surface area contributed by atoms with Gasteiger partial charge in [-0.1, -0.05) is 41.3 Å². The molecule has 136 valence electrons. The number of nitrogens with zero attached hydrogens (tertiary/aromatic N) is 5. The van der Waals surface area contributed by atoms with E-state index in [1.165, 1.54) is 23.1 Å². The first-order valence-corrected chi connectivity index (χ1v) is 9.71. The second-order valence-corrected chi connectivity index (χ2v) is 7.28. The van der Waals surface area contributed by atoms with E-state index in [9.17, 15) is 4.79 Å². The lowest BCUT2D eigenvalue weighted by Gasteiger charge is -2.15. The Hall–Kier alpha value is -2.46. The maximum atomic E-state index is 11.9. The SMILES string of the molecule is Cc1ccccc1OC(C)c1nnc(SCC(=O)Nc2nncs2)n1C. The topological polar surface area (TPSA) is 94.8 Å². The predicted molar refractivity (Wildman–Crippen MR) is 100 cm³/mol. The fraction of sp³-hybridized carbons (Fsp3) is 0.312. The summed E-state index contributed by atoms with van der Waals surface area (Å²) in [5, 5.41) is 19.6. The van der Waals surface area contributed by atoms with E-state index >= 15 is 0 Å². The number of amides is 1. The maximum Gasteiger partial charge on any atom is 0.236 e. The molecule has 0 aliphatic carbocycles. The van der Waals surface area contributed by atoms with Crippen LogP contribution in [0, 0.1) is 6.92 Å². The molecule has 0 spiro atoms. The molecular weight excluding hydrogens is 372 g/mol. The molecule has 1 amide bonds. The average Bonchev–Trinajstić information content (AvgIpc) is 3.25. The van der Waals surface area contributed by atoms with Gasteiger partial charge in [-0.2, -0.15) is 0 Å². The summed E-state index contributed by atoms with van der Waals surface area (Å²) in [6.07, 6.45) is -0.266. The molecule has 1 atom stereocenters. The second-order valence-electron chi connectivity index (χ2n) is 5.51. The fourth-order valence-electron chi connectivity index (χ4n) is 2.25. The number of thioether (sulfide) groups is 1. The van der Waals surface area contributed by atoms with Gasteiger partial charge in [0.05, 0.1) is 5.75 Å². The number of aromatic nitrogens is 5. The van der Waals surface area contributed by atoms with Crippen LogP contribution in [-0.2, 0) is 11.8 Å². The molecule has 1 aromatic carbocycles. The van der Waals surface area contributed by atoms with E-state index < -0.39 is 0 Å². The Balaban J connectivity index is 1.60. The Morgan fingerprint density at radius 3 is 2.88 bits per heavy atom. The molecular formula is C16H18N6O2S2. The Kier molecular flexibility index (Phi) is 5.84. The van der Waals surface area contributed by atoms with Crippen LogP contribution in [-0.4, -0.2) is 36.6 Å². The molecule has 0 aliphatic rings. The number of hydrogen-bond donors (Lipinski definition) is 1. The summed E-state index contributed by atoms with van der Waals surface area (Å²) in [7, 11) is 1.86. The smallest absolute Gasteiger partial charge is 0.236 e. The average molecular weight is 390 g/mol. The quantitative estimate of drug-likeness (QED) is 0.620. The minimum absolute atomic E-state index is 0.166. The minimum Gasteiger partial charge on any atom is -0.482 e. The minimum atomic E-state index is -0.266. The largest absolute Gasteiger partial charge is 0.482 e. The molecule has 8 nitrogen and oxygen atoms in total. The van der Waals surface area contributed by atoms with Gasteiger partial charge in [-0.15, -0.1) is 20.4 Å². The Morgan fingerprint density at radius 1 is 1.35 bits per heavy atom. The summed E-state index contributed by atoms with van der Waals surface area (Å²) < 4.78 is 7.83. The molecule has 10 heteroatoms. The van der Waals surface area contributed by atoms with Crippen LogP contribution in [0.2, 0.25) is 0 Å². The lowest BCUT2D eigenvalue weighted by molar-refractivity contribution is -0.113. The molecule has 1 unspecified atom stereocenters. The van der Waals surface area contributed by atoms with Gasteiger partial charge in [0.2, 0.25) is 11.0 Å². The van der Waals surface area contributed by atoms with Crippen LogP contribution >= 0.6 is 23.1 Å². The van der Waals surface area contributed by atoms with Crippen molar-refractivity contribution in [2.45, 2.75) is 25.1 Å². The van der Waals surface area contributed by atoms with Crippen molar-refractivity contribution in [2.75, 3.05) is 11.1 Å². The van der Waals surface area contributed by atoms with Gasteiger partial charge in [0, 0.05) is 7.05 Å². The van der Waals surface area contributed by atoms with Crippen molar-refractivity contribution in [1.82, 2.24) is 25.0 Å². The first-order chi connectivity index (χ1) is 12.5. The van der Waals surface area contributed by atoms with Crippen LogP contribution in [0.4, 0.5) is 5.13 Å². The van der Waals surface area contributed by atoms with E-state index in [2.05, 4.69) is 25.7 Å². The van der Waals surface area contributed by atoms with E-state index in [1.807, 2.05) is 49.7 Å². The number of carbonyl (C=O) groups is 1. The highest BCUT2D eigenvalue weighted by atomic mass is 32.2. The van der Waals surface area contributed by atoms with E-state index in [1.54, 1.807) is 5.51 Å². The van der Waals surface area contributed by atoms with Crippen molar-refractivity contribution in [1.29, 1.82) is 0 Å². The summed E-state index contributed by atoms with van der Waals surface area (Å²) in [6, 6.07) is 7.83. The highest BCUT2D eigenvalue weighted by Crippen LogP contribution is 2.25. The molecule has 26 heavy (non-hydrogen) atoms. The zero-order valence-electron chi connectivity index (χ0n) is 14.5. The third-order valence-electron chi connectivity index (χ3n) is 3.57. The number of anilines is 1. The van der Waals surface area contributed by atoms with Gasteiger partial charge < -0.3 is 9.30 Å². The van der Waals surface area contributed by atoms with Crippen molar-refractivity contribution < 1.29 is 9.53 Å². The first kappa shape index (κ1) is 18.3. The molecule has 2 aromatic heterocycles. The van der Waals surface area contributed by atoms with Crippen LogP contribution in [0.1, 0.15) is 24.4 Å². The third kappa shape index (κ3) is 4.38. The highest BCUT2D eigenvalue weighted by molar-refractivity contribution is 7.99. The van der Waals surface area contributed by atoms with Crippen LogP contribution in [0.3, 0.4) is 0 Å². The zero-order chi connectivity index (χ0) is 18.5. The Bertz CT molecular complexity index is 881. The summed E-state index contributed by atoms with van der Waals surface area (Å²) in [4.78, 5) is 11.9. The number of nitrogens with one attached hydrogen (secondary N) is 1. The van der Waals surface area contributed by atoms with Crippen LogP contribution in [0.25, 0.3) is 0 Å². The zero-order valence-corrected chi connectivity index (χ0v) is 16.2. The molecule has 0 radical (unpaired) electrons. The highest BCUT2D eigenvalue weighted by Gasteiger charge is 2.18. The van der Waals surface area contributed by atoms with Gasteiger partial charge in [0.15, 0.2) is 17.1 Å². The van der Waals surface area contributed by atoms with Crippen LogP contribution in [0.5, 0.6) is 5.75 Å². The normalized spacial score (nSPS) is 12.0. The number of para-hydroxylation sites is 1. The van der Waals surface area contributed by atoms with Crippen molar-refractivity contribution in [3.8, 4) is 5.75 Å². The van der Waals surface area contributed by atoms with E-state index in [4.69, 9.17) is 4.74 Å². The number of benzene rings is 1. The summed E-state index contributed by atoms with van der Waals surface area (Å²) in [5.41, 5.74) is 2.62. The molecule has 0 saturated carbocycles. The fourth-order valence-corrected chi connectivity index (χ4v) is 3.43. The van der Waals surface area contributed by atoms with Crippen LogP contribution in [0.15, 0.2) is 34.9 Å². The summed E-state index contributed by atoms with van der Waals surface area (Å²) in [6.45, 7) is 3.92. The molecule has 0 saturated heterocycles. The van der Waals surface area contributed by atoms with E-state index in [-0.39, 0.29) is 17.8 Å². The van der Waals surface area contributed by atoms with E-state index in [0.717, 1.165) is 11.3 Å². The molecule has 3 rings (SSSR count). The summed E-state index contributed by atoms with van der Waals surface area (Å²) in [5.74, 6) is 1.55. The lowest BCUT2D eigenvalue weighted by atomic mass is 10.2. The summed E-state index contributed by atoms with van der Waals surface area (Å²) >= 11 is 2.58. The van der Waals surface area contributed by atoms with Crippen molar-refractivity contribution >= 4 is 34.1 Å². The van der Waals surface area contributed by atoms with Gasteiger partial charge in [-0.25, -0.2) is 0 Å². The molecule has 0 fully saturated rings. The number of aryl methyl sites for hydroxylation is 1. The maximum absolute atomic E-state index is 11.9. The van der Waals surface area contributed by atoms with Crippen LogP contribution < -0.4 is 10.1 Å². The molecule has 3 aromatic rings. The molecule has 1 N–H and O–H groups in total. The van der Waals surface area contributed by atoms with Crippen molar-refractivity contribution in [3.05, 3.63) is 41.2 Å². The number of rotatable bonds is 7. The van der Waals surface area contributed by atoms with Crippen molar-refractivity contribution in [2.24, 2.45) is 7.05 Å². The molecule has 0 aliphatic heterocycles. The number of carbonyl (C=O) groups excluding carboxylic acids is 1. The second kappa shape index (κ2) is 8.28. The lowest BCUT2D eigenvalue weighted by Crippen LogP contribution is -2.14. The first-order valence-electron chi connectivity index (χ1n) is 7.85. The molecule has 0 bridgehead atoms. The number of hydrogen-bond acceptors (Lipinski definition) is 8. The van der Waals surface area contributed by atoms with Gasteiger partial charge in [-0.3, -0.25) is 10.1 Å².